The molecule has 0 aliphatic rings. The molecule has 0 fully saturated rings. The lowest BCUT2D eigenvalue weighted by molar-refractivity contribution is -0.131. The van der Waals surface area contributed by atoms with Crippen LogP contribution in [0.1, 0.15) is 11.1 Å². The Labute approximate surface area is 206 Å². The van der Waals surface area contributed by atoms with Crippen molar-refractivity contribution in [2.24, 2.45) is 14.1 Å². The van der Waals surface area contributed by atoms with E-state index in [1.54, 1.807) is 11.9 Å². The summed E-state index contributed by atoms with van der Waals surface area (Å²) in [5, 5.41) is 13.3. The summed E-state index contributed by atoms with van der Waals surface area (Å²) in [5.74, 6) is -1.04. The van der Waals surface area contributed by atoms with E-state index in [4.69, 9.17) is 5.11 Å². The Morgan fingerprint density at radius 3 is 1.83 bits per heavy atom. The number of hydrogen-bond acceptors (Lipinski definition) is 3. The van der Waals surface area contributed by atoms with Crippen molar-refractivity contribution in [3.05, 3.63) is 97.4 Å². The number of carbonyl (C=O) groups is 2. The van der Waals surface area contributed by atoms with Gasteiger partial charge in [-0.2, -0.15) is 0 Å². The van der Waals surface area contributed by atoms with Crippen molar-refractivity contribution in [3.8, 4) is 0 Å². The lowest BCUT2D eigenvalue weighted by atomic mass is 10.1. The highest BCUT2D eigenvalue weighted by atomic mass is 16.4. The summed E-state index contributed by atoms with van der Waals surface area (Å²) in [5.41, 5.74) is 5.00. The van der Waals surface area contributed by atoms with Gasteiger partial charge in [0.15, 0.2) is 0 Å². The van der Waals surface area contributed by atoms with Crippen LogP contribution in [0, 0.1) is 0 Å². The first kappa shape index (κ1) is 27.1. The molecule has 0 spiro atoms. The van der Waals surface area contributed by atoms with Crippen molar-refractivity contribution < 1.29 is 14.7 Å². The minimum atomic E-state index is -0.981. The molecule has 0 atom stereocenters. The van der Waals surface area contributed by atoms with Crippen LogP contribution in [0.5, 0.6) is 0 Å². The third kappa shape index (κ3) is 7.19. The van der Waals surface area contributed by atoms with Gasteiger partial charge in [0.2, 0.25) is 5.91 Å². The van der Waals surface area contributed by atoms with Crippen molar-refractivity contribution >= 4 is 33.7 Å². The smallest absolute Gasteiger partial charge is 0.327 e. The maximum absolute atomic E-state index is 11.5. The Balaban J connectivity index is 0.000000212. The second-order valence-corrected chi connectivity index (χ2v) is 8.04. The van der Waals surface area contributed by atoms with Gasteiger partial charge < -0.3 is 24.5 Å². The average Bonchev–Trinajstić information content (AvgIpc) is 3.36. The molecule has 0 aliphatic heterocycles. The number of aromatic nitrogens is 2. The van der Waals surface area contributed by atoms with Gasteiger partial charge >= 0.3 is 5.97 Å². The zero-order valence-electron chi connectivity index (χ0n) is 20.9. The van der Waals surface area contributed by atoms with Gasteiger partial charge in [0.05, 0.1) is 0 Å². The number of aryl methyl sites for hydroxylation is 2. The molecular formula is C28H34N4O3. The van der Waals surface area contributed by atoms with Gasteiger partial charge in [-0.1, -0.05) is 49.6 Å². The zero-order valence-corrected chi connectivity index (χ0v) is 20.9. The molecule has 184 valence electrons. The molecule has 2 aromatic carbocycles. The van der Waals surface area contributed by atoms with Gasteiger partial charge in [0.25, 0.3) is 0 Å². The van der Waals surface area contributed by atoms with E-state index < -0.39 is 5.97 Å². The number of fused-ring (bicyclic) bond motifs is 2. The summed E-state index contributed by atoms with van der Waals surface area (Å²) >= 11 is 0. The number of para-hydroxylation sites is 2. The maximum atomic E-state index is 11.5. The fourth-order valence-electron chi connectivity index (χ4n) is 3.80. The topological polar surface area (TPSA) is 79.5 Å². The fourth-order valence-corrected chi connectivity index (χ4v) is 3.80. The van der Waals surface area contributed by atoms with Crippen molar-refractivity contribution in [2.75, 3.05) is 14.1 Å². The Kier molecular flexibility index (Phi) is 10.1. The number of benzene rings is 2. The fraction of sp³-hybridized carbons (Fsp3) is 0.214. The van der Waals surface area contributed by atoms with Crippen LogP contribution >= 0.6 is 0 Å². The van der Waals surface area contributed by atoms with E-state index >= 15 is 0 Å². The molecule has 7 heteroatoms. The van der Waals surface area contributed by atoms with Crippen LogP contribution in [0.4, 0.5) is 0 Å². The number of aliphatic carboxylic acids is 1. The predicted octanol–water partition coefficient (Wildman–Crippen LogP) is 4.48. The molecule has 35 heavy (non-hydrogen) atoms. The second kappa shape index (κ2) is 13.0. The van der Waals surface area contributed by atoms with Crippen molar-refractivity contribution in [1.29, 1.82) is 0 Å². The molecule has 4 rings (SSSR count). The van der Waals surface area contributed by atoms with Crippen LogP contribution in [-0.4, -0.2) is 45.1 Å². The lowest BCUT2D eigenvalue weighted by Gasteiger charge is -2.14. The molecular weight excluding hydrogens is 440 g/mol. The predicted molar refractivity (Wildman–Crippen MR) is 143 cm³/mol. The zero-order chi connectivity index (χ0) is 26.0. The molecule has 0 bridgehead atoms. The highest BCUT2D eigenvalue weighted by molar-refractivity contribution is 5.88. The van der Waals surface area contributed by atoms with E-state index in [0.717, 1.165) is 18.2 Å². The number of hydrogen-bond donors (Lipinski definition) is 2. The summed E-state index contributed by atoms with van der Waals surface area (Å²) in [7, 11) is 7.86. The van der Waals surface area contributed by atoms with E-state index in [1.165, 1.54) is 33.4 Å². The van der Waals surface area contributed by atoms with Crippen molar-refractivity contribution in [3.63, 3.8) is 0 Å². The van der Waals surface area contributed by atoms with Crippen LogP contribution in [-0.2, 0) is 36.8 Å². The number of likely N-dealkylation sites (N-methyl/N-ethyl adjacent to an activating group) is 1. The number of nitrogens with zero attached hydrogens (tertiary/aromatic N) is 3. The van der Waals surface area contributed by atoms with Gasteiger partial charge in [-0.05, 0) is 36.4 Å². The summed E-state index contributed by atoms with van der Waals surface area (Å²) in [4.78, 5) is 22.4. The standard InChI is InChI=1S/C14H16N2O.C11H14N2.C3H4O2/c1-4-14(17)16(3)10-11-9-15(2)13-8-6-5-7-12(11)13;1-12-7-9-8-13(2)11-6-4-3-5-10(9)11;1-2-3(4)5/h4-9H,1,10H2,2-3H3;3-6,8,12H,7H2,1-2H3;2H,1H2,(H,4,5). The molecule has 0 saturated heterocycles. The largest absolute Gasteiger partial charge is 0.478 e. The van der Waals surface area contributed by atoms with Gasteiger partial charge in [-0.25, -0.2) is 4.79 Å². The Hall–Kier alpha value is -4.10. The number of carbonyl (C=O) groups excluding carboxylic acids is 1. The van der Waals surface area contributed by atoms with E-state index in [2.05, 4.69) is 83.4 Å². The van der Waals surface area contributed by atoms with Crippen molar-refractivity contribution in [2.45, 2.75) is 13.1 Å². The van der Waals surface area contributed by atoms with E-state index in [1.807, 2.05) is 26.2 Å². The highest BCUT2D eigenvalue weighted by Gasteiger charge is 2.10. The van der Waals surface area contributed by atoms with Crippen LogP contribution in [0.25, 0.3) is 21.8 Å². The summed E-state index contributed by atoms with van der Waals surface area (Å²) in [6.45, 7) is 7.99. The second-order valence-electron chi connectivity index (χ2n) is 8.04. The Morgan fingerprint density at radius 1 is 0.914 bits per heavy atom. The first-order valence-electron chi connectivity index (χ1n) is 11.2. The molecule has 1 amide bonds. The minimum absolute atomic E-state index is 0.0575. The molecule has 0 radical (unpaired) electrons. The van der Waals surface area contributed by atoms with Crippen LogP contribution in [0.2, 0.25) is 0 Å². The van der Waals surface area contributed by atoms with Gasteiger partial charge in [-0.3, -0.25) is 4.79 Å². The Morgan fingerprint density at radius 2 is 1.37 bits per heavy atom. The Bertz CT molecular complexity index is 1320. The maximum Gasteiger partial charge on any atom is 0.327 e. The molecule has 0 saturated carbocycles. The molecule has 0 aliphatic carbocycles. The number of rotatable bonds is 6. The van der Waals surface area contributed by atoms with Gasteiger partial charge in [0, 0.05) is 74.5 Å². The number of carboxylic acid groups (broad SMARTS) is 1. The van der Waals surface area contributed by atoms with Crippen LogP contribution in [0.15, 0.2) is 86.2 Å². The molecule has 4 aromatic rings. The average molecular weight is 475 g/mol. The molecule has 7 nitrogen and oxygen atoms in total. The first-order chi connectivity index (χ1) is 16.7. The van der Waals surface area contributed by atoms with E-state index in [9.17, 15) is 9.59 Å². The number of carboxylic acids is 1. The summed E-state index contributed by atoms with van der Waals surface area (Å²) < 4.78 is 4.25. The van der Waals surface area contributed by atoms with Crippen LogP contribution in [0.3, 0.4) is 0 Å². The number of nitrogens with one attached hydrogen (secondary N) is 1. The minimum Gasteiger partial charge on any atom is -0.478 e. The molecule has 2 heterocycles. The quantitative estimate of drug-likeness (QED) is 0.404. The van der Waals surface area contributed by atoms with Gasteiger partial charge in [0.1, 0.15) is 0 Å². The van der Waals surface area contributed by atoms with Crippen molar-refractivity contribution in [1.82, 2.24) is 19.4 Å². The van der Waals surface area contributed by atoms with Gasteiger partial charge in [-0.15, -0.1) is 0 Å². The third-order valence-corrected chi connectivity index (χ3v) is 5.46. The SMILES string of the molecule is C=CC(=O)N(C)Cc1cn(C)c2ccccc12.C=CC(=O)O.CNCc1cn(C)c2ccccc12. The van der Waals surface area contributed by atoms with Crippen LogP contribution < -0.4 is 5.32 Å². The monoisotopic (exact) mass is 474 g/mol. The molecule has 0 unspecified atom stereocenters. The van der Waals surface area contributed by atoms with E-state index in [-0.39, 0.29) is 5.91 Å². The van der Waals surface area contributed by atoms with E-state index in [0.29, 0.717) is 6.54 Å². The molecule has 2 N–H and O–H groups in total. The molecule has 2 aromatic heterocycles. The summed E-state index contributed by atoms with van der Waals surface area (Å²) in [6, 6.07) is 16.7. The number of amides is 1. The summed E-state index contributed by atoms with van der Waals surface area (Å²) in [6.07, 6.45) is 6.42. The lowest BCUT2D eigenvalue weighted by Crippen LogP contribution is -2.23. The third-order valence-electron chi connectivity index (χ3n) is 5.46. The highest BCUT2D eigenvalue weighted by Crippen LogP contribution is 2.21. The normalized spacial score (nSPS) is 10.1. The first-order valence-corrected chi connectivity index (χ1v) is 11.2.